The largest absolute Gasteiger partial charge is 0.350 e. The summed E-state index contributed by atoms with van der Waals surface area (Å²) >= 11 is 0. The number of hydrogen-bond donors (Lipinski definition) is 3. The Bertz CT molecular complexity index is 920. The fourth-order valence-electron chi connectivity index (χ4n) is 3.45. The van der Waals surface area contributed by atoms with Gasteiger partial charge in [-0.2, -0.15) is 10.1 Å². The summed E-state index contributed by atoms with van der Waals surface area (Å²) in [7, 11) is 0. The van der Waals surface area contributed by atoms with E-state index in [9.17, 15) is 9.59 Å². The molecule has 2 aromatic carbocycles. The zero-order valence-electron chi connectivity index (χ0n) is 19.9. The molecule has 1 aliphatic rings. The second kappa shape index (κ2) is 10.9. The van der Waals surface area contributed by atoms with Gasteiger partial charge in [-0.3, -0.25) is 9.59 Å². The minimum atomic E-state index is -1.46. The maximum Gasteiger partial charge on any atom is 0.300 e. The highest BCUT2D eigenvalue weighted by atomic mass is 16.2. The Morgan fingerprint density at radius 3 is 1.94 bits per heavy atom. The lowest BCUT2D eigenvalue weighted by atomic mass is 9.81. The minimum absolute atomic E-state index is 0.321. The Hall–Kier alpha value is -3.19. The van der Waals surface area contributed by atoms with Gasteiger partial charge in [0.1, 0.15) is 0 Å². The number of anilines is 2. The van der Waals surface area contributed by atoms with Crippen molar-refractivity contribution in [1.29, 1.82) is 0 Å². The highest BCUT2D eigenvalue weighted by molar-refractivity contribution is 6.27. The second-order valence-electron chi connectivity index (χ2n) is 8.53. The molecule has 7 nitrogen and oxygen atoms in total. The average Bonchev–Trinajstić information content (AvgIpc) is 3.02. The molecule has 3 N–H and O–H groups in total. The van der Waals surface area contributed by atoms with Gasteiger partial charge in [-0.25, -0.2) is 0 Å². The zero-order chi connectivity index (χ0) is 23.8. The Morgan fingerprint density at radius 1 is 0.969 bits per heavy atom. The molecule has 2 aromatic rings. The SMILES string of the molecule is CC(=O)NC1(Nc2ccccc2)C(=O)N(c2ccccc2)N=C1C(C)(C)C.CCNCC. The summed E-state index contributed by atoms with van der Waals surface area (Å²) in [5.41, 5.74) is -0.0225. The van der Waals surface area contributed by atoms with E-state index in [2.05, 4.69) is 34.9 Å². The summed E-state index contributed by atoms with van der Waals surface area (Å²) in [5.74, 6) is -0.670. The van der Waals surface area contributed by atoms with E-state index in [1.54, 1.807) is 0 Å². The summed E-state index contributed by atoms with van der Waals surface area (Å²) in [6.07, 6.45) is 0. The molecule has 0 aromatic heterocycles. The van der Waals surface area contributed by atoms with Crippen molar-refractivity contribution in [3.8, 4) is 0 Å². The molecule has 0 saturated heterocycles. The lowest BCUT2D eigenvalue weighted by molar-refractivity contribution is -0.127. The van der Waals surface area contributed by atoms with E-state index in [-0.39, 0.29) is 11.8 Å². The van der Waals surface area contributed by atoms with Crippen molar-refractivity contribution >= 4 is 28.9 Å². The predicted molar refractivity (Wildman–Crippen MR) is 132 cm³/mol. The van der Waals surface area contributed by atoms with Gasteiger partial charge in [0.05, 0.1) is 11.4 Å². The molecule has 7 heteroatoms. The van der Waals surface area contributed by atoms with Gasteiger partial charge in [0.25, 0.3) is 5.91 Å². The number of nitrogens with zero attached hydrogens (tertiary/aromatic N) is 2. The topological polar surface area (TPSA) is 85.8 Å². The number of carbonyl (C=O) groups excluding carboxylic acids is 2. The lowest BCUT2D eigenvalue weighted by Gasteiger charge is -2.36. The molecule has 0 spiro atoms. The van der Waals surface area contributed by atoms with E-state index in [0.717, 1.165) is 13.1 Å². The van der Waals surface area contributed by atoms with Crippen LogP contribution in [0.5, 0.6) is 0 Å². The summed E-state index contributed by atoms with van der Waals surface area (Å²) < 4.78 is 0. The van der Waals surface area contributed by atoms with Crippen LogP contribution in [-0.4, -0.2) is 36.3 Å². The van der Waals surface area contributed by atoms with Crippen LogP contribution in [0.25, 0.3) is 0 Å². The maximum absolute atomic E-state index is 13.6. The van der Waals surface area contributed by atoms with Gasteiger partial charge in [0, 0.05) is 18.0 Å². The number of nitrogens with one attached hydrogen (secondary N) is 3. The second-order valence-corrected chi connectivity index (χ2v) is 8.53. The van der Waals surface area contributed by atoms with Gasteiger partial charge in [-0.15, -0.1) is 0 Å². The first-order valence-corrected chi connectivity index (χ1v) is 11.0. The van der Waals surface area contributed by atoms with Crippen molar-refractivity contribution in [3.05, 3.63) is 60.7 Å². The normalized spacial score (nSPS) is 17.9. The van der Waals surface area contributed by atoms with Crippen LogP contribution in [0.1, 0.15) is 41.5 Å². The molecule has 0 saturated carbocycles. The predicted octanol–water partition coefficient (Wildman–Crippen LogP) is 4.00. The Labute approximate surface area is 191 Å². The molecule has 0 radical (unpaired) electrons. The van der Waals surface area contributed by atoms with Gasteiger partial charge >= 0.3 is 0 Å². The Balaban J connectivity index is 0.000000654. The average molecular weight is 438 g/mol. The number of carbonyl (C=O) groups is 2. The third-order valence-electron chi connectivity index (χ3n) is 4.75. The zero-order valence-corrected chi connectivity index (χ0v) is 19.9. The van der Waals surface area contributed by atoms with E-state index in [0.29, 0.717) is 17.1 Å². The maximum atomic E-state index is 13.6. The van der Waals surface area contributed by atoms with Crippen molar-refractivity contribution in [3.63, 3.8) is 0 Å². The number of hydrazone groups is 1. The van der Waals surface area contributed by atoms with E-state index in [1.807, 2.05) is 81.4 Å². The molecule has 0 bridgehead atoms. The van der Waals surface area contributed by atoms with E-state index >= 15 is 0 Å². The van der Waals surface area contributed by atoms with Crippen LogP contribution >= 0.6 is 0 Å². The minimum Gasteiger partial charge on any atom is -0.350 e. The van der Waals surface area contributed by atoms with E-state index in [4.69, 9.17) is 0 Å². The molecular formula is C25H35N5O2. The smallest absolute Gasteiger partial charge is 0.300 e. The van der Waals surface area contributed by atoms with E-state index in [1.165, 1.54) is 11.9 Å². The first-order valence-electron chi connectivity index (χ1n) is 11.0. The number of amides is 2. The van der Waals surface area contributed by atoms with Crippen molar-refractivity contribution in [2.24, 2.45) is 10.5 Å². The van der Waals surface area contributed by atoms with Crippen LogP contribution in [0.3, 0.4) is 0 Å². The van der Waals surface area contributed by atoms with Crippen molar-refractivity contribution < 1.29 is 9.59 Å². The number of para-hydroxylation sites is 2. The summed E-state index contributed by atoms with van der Waals surface area (Å²) in [4.78, 5) is 25.6. The molecule has 1 unspecified atom stereocenters. The quantitative estimate of drug-likeness (QED) is 0.597. The molecule has 172 valence electrons. The molecule has 1 atom stereocenters. The van der Waals surface area contributed by atoms with Crippen LogP contribution in [-0.2, 0) is 9.59 Å². The van der Waals surface area contributed by atoms with Gasteiger partial charge < -0.3 is 16.0 Å². The fraction of sp³-hybridized carbons (Fsp3) is 0.400. The first-order chi connectivity index (χ1) is 15.2. The molecule has 0 aliphatic carbocycles. The monoisotopic (exact) mass is 437 g/mol. The van der Waals surface area contributed by atoms with Gasteiger partial charge in [-0.1, -0.05) is 71.0 Å². The number of benzene rings is 2. The molecule has 0 fully saturated rings. The van der Waals surface area contributed by atoms with Gasteiger partial charge in [-0.05, 0) is 37.4 Å². The van der Waals surface area contributed by atoms with Crippen LogP contribution in [0.4, 0.5) is 11.4 Å². The first kappa shape index (κ1) is 25.1. The van der Waals surface area contributed by atoms with Crippen LogP contribution < -0.4 is 21.0 Å². The highest BCUT2D eigenvalue weighted by Gasteiger charge is 2.56. The van der Waals surface area contributed by atoms with Crippen LogP contribution in [0, 0.1) is 5.41 Å². The standard InChI is InChI=1S/C21H24N4O2.C4H11N/c1-15(26)22-21(23-16-11-7-5-8-12-16)18(20(2,3)4)24-25(19(21)27)17-13-9-6-10-14-17;1-3-5-4-2/h5-14,23H,1-4H3,(H,22,26);5H,3-4H2,1-2H3. The molecular weight excluding hydrogens is 402 g/mol. The number of rotatable bonds is 6. The number of hydrogen-bond acceptors (Lipinski definition) is 5. The summed E-state index contributed by atoms with van der Waals surface area (Å²) in [6, 6.07) is 18.5. The van der Waals surface area contributed by atoms with Gasteiger partial charge in [0.15, 0.2) is 0 Å². The molecule has 2 amide bonds. The third kappa shape index (κ3) is 5.95. The summed E-state index contributed by atoms with van der Waals surface area (Å²) in [5, 5.41) is 15.2. The molecule has 1 heterocycles. The fourth-order valence-corrected chi connectivity index (χ4v) is 3.45. The highest BCUT2D eigenvalue weighted by Crippen LogP contribution is 2.35. The summed E-state index contributed by atoms with van der Waals surface area (Å²) in [6.45, 7) is 13.7. The molecule has 3 rings (SSSR count). The molecule has 1 aliphatic heterocycles. The Morgan fingerprint density at radius 2 is 1.50 bits per heavy atom. The van der Waals surface area contributed by atoms with Crippen LogP contribution in [0.2, 0.25) is 0 Å². The van der Waals surface area contributed by atoms with Crippen molar-refractivity contribution in [2.75, 3.05) is 23.4 Å². The Kier molecular flexibility index (Phi) is 8.55. The van der Waals surface area contributed by atoms with Crippen molar-refractivity contribution in [1.82, 2.24) is 10.6 Å². The lowest BCUT2D eigenvalue weighted by Crippen LogP contribution is -2.66. The van der Waals surface area contributed by atoms with Gasteiger partial charge in [0.2, 0.25) is 11.6 Å². The van der Waals surface area contributed by atoms with E-state index < -0.39 is 11.1 Å². The third-order valence-corrected chi connectivity index (χ3v) is 4.75. The molecule has 32 heavy (non-hydrogen) atoms. The van der Waals surface area contributed by atoms with Crippen LogP contribution in [0.15, 0.2) is 65.8 Å². The van der Waals surface area contributed by atoms with Crippen molar-refractivity contribution in [2.45, 2.75) is 47.2 Å².